The number of nitro groups is 1. The zero-order chi connectivity index (χ0) is 14.5. The maximum Gasteiger partial charge on any atom is 0.273 e. The van der Waals surface area contributed by atoms with Crippen molar-refractivity contribution in [2.45, 2.75) is 0 Å². The Labute approximate surface area is 114 Å². The van der Waals surface area contributed by atoms with Gasteiger partial charge in [0, 0.05) is 6.07 Å². The lowest BCUT2D eigenvalue weighted by atomic mass is 10.2. The summed E-state index contributed by atoms with van der Waals surface area (Å²) in [6, 6.07) is 12.6. The SMILES string of the molecule is COc1ccc([N+](=O)[O-])cc1Oc1cccc(C#N)c1. The minimum Gasteiger partial charge on any atom is -0.493 e. The van der Waals surface area contributed by atoms with Crippen LogP contribution in [0.25, 0.3) is 0 Å². The molecule has 0 aliphatic carbocycles. The number of benzene rings is 2. The molecule has 0 saturated carbocycles. The van der Waals surface area contributed by atoms with E-state index in [-0.39, 0.29) is 11.4 Å². The van der Waals surface area contributed by atoms with Gasteiger partial charge in [0.15, 0.2) is 11.5 Å². The standard InChI is InChI=1S/C14H10N2O4/c1-19-13-6-5-11(16(17)18)8-14(13)20-12-4-2-3-10(7-12)9-15/h2-8H,1H3. The van der Waals surface area contributed by atoms with Gasteiger partial charge in [-0.2, -0.15) is 5.26 Å². The Morgan fingerprint density at radius 3 is 2.65 bits per heavy atom. The summed E-state index contributed by atoms with van der Waals surface area (Å²) in [6.07, 6.45) is 0. The van der Waals surface area contributed by atoms with Crippen LogP contribution < -0.4 is 9.47 Å². The lowest BCUT2D eigenvalue weighted by molar-refractivity contribution is -0.384. The van der Waals surface area contributed by atoms with Gasteiger partial charge in [-0.1, -0.05) is 6.07 Å². The summed E-state index contributed by atoms with van der Waals surface area (Å²) in [7, 11) is 1.44. The van der Waals surface area contributed by atoms with Gasteiger partial charge >= 0.3 is 0 Å². The molecular weight excluding hydrogens is 260 g/mol. The Morgan fingerprint density at radius 2 is 2.00 bits per heavy atom. The highest BCUT2D eigenvalue weighted by Gasteiger charge is 2.13. The van der Waals surface area contributed by atoms with Crippen LogP contribution in [0.15, 0.2) is 42.5 Å². The van der Waals surface area contributed by atoms with Crippen molar-refractivity contribution in [2.75, 3.05) is 7.11 Å². The summed E-state index contributed by atoms with van der Waals surface area (Å²) in [5.74, 6) is 0.998. The van der Waals surface area contributed by atoms with Gasteiger partial charge in [0.05, 0.1) is 29.7 Å². The van der Waals surface area contributed by atoms with Gasteiger partial charge in [0.1, 0.15) is 5.75 Å². The number of nitrogens with zero attached hydrogens (tertiary/aromatic N) is 2. The molecule has 2 aromatic rings. The molecule has 2 rings (SSSR count). The molecule has 20 heavy (non-hydrogen) atoms. The van der Waals surface area contributed by atoms with E-state index in [9.17, 15) is 10.1 Å². The van der Waals surface area contributed by atoms with Gasteiger partial charge in [0.2, 0.25) is 0 Å². The smallest absolute Gasteiger partial charge is 0.273 e. The molecule has 0 radical (unpaired) electrons. The van der Waals surface area contributed by atoms with E-state index in [2.05, 4.69) is 0 Å². The number of nitro benzene ring substituents is 1. The highest BCUT2D eigenvalue weighted by atomic mass is 16.6. The predicted molar refractivity (Wildman–Crippen MR) is 70.9 cm³/mol. The Bertz CT molecular complexity index is 692. The summed E-state index contributed by atoms with van der Waals surface area (Å²) in [4.78, 5) is 10.3. The molecule has 0 spiro atoms. The molecule has 0 N–H and O–H groups in total. The van der Waals surface area contributed by atoms with Crippen molar-refractivity contribution in [3.63, 3.8) is 0 Å². The highest BCUT2D eigenvalue weighted by Crippen LogP contribution is 2.34. The zero-order valence-electron chi connectivity index (χ0n) is 10.6. The Balaban J connectivity index is 2.38. The fraction of sp³-hybridized carbons (Fsp3) is 0.0714. The molecule has 0 bridgehead atoms. The number of non-ortho nitro benzene ring substituents is 1. The molecule has 0 aromatic heterocycles. The maximum absolute atomic E-state index is 10.8. The molecule has 100 valence electrons. The van der Waals surface area contributed by atoms with Crippen molar-refractivity contribution in [1.82, 2.24) is 0 Å². The topological polar surface area (TPSA) is 85.4 Å². The number of ether oxygens (including phenoxy) is 2. The normalized spacial score (nSPS) is 9.60. The minimum absolute atomic E-state index is 0.0998. The first kappa shape index (κ1) is 13.4. The van der Waals surface area contributed by atoms with E-state index in [1.54, 1.807) is 18.2 Å². The first-order valence-electron chi connectivity index (χ1n) is 5.64. The molecule has 0 atom stereocenters. The highest BCUT2D eigenvalue weighted by molar-refractivity contribution is 5.50. The van der Waals surface area contributed by atoms with E-state index in [0.717, 1.165) is 0 Å². The molecule has 0 heterocycles. The third kappa shape index (κ3) is 2.84. The summed E-state index contributed by atoms with van der Waals surface area (Å²) in [6.45, 7) is 0. The number of nitriles is 1. The predicted octanol–water partition coefficient (Wildman–Crippen LogP) is 3.27. The second-order valence-electron chi connectivity index (χ2n) is 3.83. The van der Waals surface area contributed by atoms with E-state index >= 15 is 0 Å². The molecule has 6 heteroatoms. The molecule has 0 unspecified atom stereocenters. The zero-order valence-corrected chi connectivity index (χ0v) is 10.6. The van der Waals surface area contributed by atoms with Gasteiger partial charge in [-0.15, -0.1) is 0 Å². The van der Waals surface area contributed by atoms with E-state index in [4.69, 9.17) is 14.7 Å². The van der Waals surface area contributed by atoms with E-state index in [0.29, 0.717) is 17.1 Å². The summed E-state index contributed by atoms with van der Waals surface area (Å²) in [5.41, 5.74) is 0.337. The van der Waals surface area contributed by atoms with Crippen LogP contribution in [0.3, 0.4) is 0 Å². The number of rotatable bonds is 4. The monoisotopic (exact) mass is 270 g/mol. The number of hydrogen-bond donors (Lipinski definition) is 0. The molecule has 0 saturated heterocycles. The minimum atomic E-state index is -0.516. The van der Waals surface area contributed by atoms with Crippen molar-refractivity contribution in [1.29, 1.82) is 5.26 Å². The average molecular weight is 270 g/mol. The Morgan fingerprint density at radius 1 is 1.20 bits per heavy atom. The third-order valence-corrected chi connectivity index (χ3v) is 2.55. The maximum atomic E-state index is 10.8. The third-order valence-electron chi connectivity index (χ3n) is 2.55. The molecule has 2 aromatic carbocycles. The van der Waals surface area contributed by atoms with Crippen molar-refractivity contribution < 1.29 is 14.4 Å². The molecule has 6 nitrogen and oxygen atoms in total. The summed E-state index contributed by atoms with van der Waals surface area (Å²) >= 11 is 0. The van der Waals surface area contributed by atoms with Gasteiger partial charge < -0.3 is 9.47 Å². The molecule has 0 aliphatic rings. The van der Waals surface area contributed by atoms with Crippen molar-refractivity contribution in [2.24, 2.45) is 0 Å². The molecule has 0 fully saturated rings. The van der Waals surface area contributed by atoms with Crippen LogP contribution in [0.2, 0.25) is 0 Å². The van der Waals surface area contributed by atoms with E-state index < -0.39 is 4.92 Å². The Kier molecular flexibility index (Phi) is 3.82. The molecular formula is C14H10N2O4. The van der Waals surface area contributed by atoms with Crippen LogP contribution in [-0.4, -0.2) is 12.0 Å². The Hall–Kier alpha value is -3.07. The van der Waals surface area contributed by atoms with Gasteiger partial charge in [-0.3, -0.25) is 10.1 Å². The summed E-state index contributed by atoms with van der Waals surface area (Å²) in [5, 5.41) is 19.6. The van der Waals surface area contributed by atoms with Gasteiger partial charge in [-0.05, 0) is 24.3 Å². The van der Waals surface area contributed by atoms with Crippen molar-refractivity contribution in [3.05, 3.63) is 58.1 Å². The van der Waals surface area contributed by atoms with Crippen LogP contribution in [-0.2, 0) is 0 Å². The second-order valence-corrected chi connectivity index (χ2v) is 3.83. The number of hydrogen-bond acceptors (Lipinski definition) is 5. The quantitative estimate of drug-likeness (QED) is 0.628. The van der Waals surface area contributed by atoms with Crippen LogP contribution in [0.1, 0.15) is 5.56 Å². The van der Waals surface area contributed by atoms with Crippen molar-refractivity contribution >= 4 is 5.69 Å². The number of methoxy groups -OCH3 is 1. The summed E-state index contributed by atoms with van der Waals surface area (Å²) < 4.78 is 10.6. The fourth-order valence-corrected chi connectivity index (χ4v) is 1.61. The van der Waals surface area contributed by atoms with Crippen LogP contribution in [0.5, 0.6) is 17.2 Å². The molecule has 0 amide bonds. The van der Waals surface area contributed by atoms with Crippen molar-refractivity contribution in [3.8, 4) is 23.3 Å². The fourth-order valence-electron chi connectivity index (χ4n) is 1.61. The van der Waals surface area contributed by atoms with Crippen LogP contribution in [0.4, 0.5) is 5.69 Å². The lowest BCUT2D eigenvalue weighted by Gasteiger charge is -2.10. The first-order chi connectivity index (χ1) is 9.63. The lowest BCUT2D eigenvalue weighted by Crippen LogP contribution is -1.93. The molecule has 0 aliphatic heterocycles. The van der Waals surface area contributed by atoms with Gasteiger partial charge in [0.25, 0.3) is 5.69 Å². The van der Waals surface area contributed by atoms with Crippen LogP contribution >= 0.6 is 0 Å². The first-order valence-corrected chi connectivity index (χ1v) is 5.64. The van der Waals surface area contributed by atoms with Gasteiger partial charge in [-0.25, -0.2) is 0 Å². The van der Waals surface area contributed by atoms with E-state index in [1.165, 1.54) is 31.4 Å². The van der Waals surface area contributed by atoms with Crippen LogP contribution in [0, 0.1) is 21.4 Å². The largest absolute Gasteiger partial charge is 0.493 e. The average Bonchev–Trinajstić information content (AvgIpc) is 2.47. The second kappa shape index (κ2) is 5.71. The van der Waals surface area contributed by atoms with E-state index in [1.807, 2.05) is 6.07 Å².